The molecule has 5 rings (SSSR count). The van der Waals surface area contributed by atoms with Gasteiger partial charge in [0.15, 0.2) is 5.58 Å². The van der Waals surface area contributed by atoms with Crippen LogP contribution in [-0.2, 0) is 6.54 Å². The van der Waals surface area contributed by atoms with E-state index in [1.807, 2.05) is 36.7 Å². The Bertz CT molecular complexity index is 1150. The Morgan fingerprint density at radius 1 is 1.00 bits per heavy atom. The van der Waals surface area contributed by atoms with E-state index in [-0.39, 0.29) is 6.04 Å². The molecule has 0 saturated carbocycles. The topological polar surface area (TPSA) is 51.4 Å². The highest BCUT2D eigenvalue weighted by molar-refractivity contribution is 6.05. The summed E-state index contributed by atoms with van der Waals surface area (Å²) in [7, 11) is 0. The lowest BCUT2D eigenvalue weighted by molar-refractivity contribution is 0.125. The summed E-state index contributed by atoms with van der Waals surface area (Å²) in [4.78, 5) is 11.9. The molecule has 0 N–H and O–H groups in total. The quantitative estimate of drug-likeness (QED) is 0.361. The van der Waals surface area contributed by atoms with Gasteiger partial charge in [0.25, 0.3) is 0 Å². The first-order valence-corrected chi connectivity index (χ1v) is 10.9. The van der Waals surface area contributed by atoms with E-state index in [9.17, 15) is 0 Å². The van der Waals surface area contributed by atoms with Gasteiger partial charge in [0.05, 0.1) is 24.0 Å². The number of nitrogens with zero attached hydrogens (tertiary/aromatic N) is 3. The number of rotatable bonds is 7. The largest absolute Gasteiger partial charge is 0.492 e. The van der Waals surface area contributed by atoms with Crippen molar-refractivity contribution < 1.29 is 9.15 Å². The molecule has 0 aliphatic carbocycles. The number of furan rings is 1. The Balaban J connectivity index is 1.52. The fourth-order valence-corrected chi connectivity index (χ4v) is 4.47. The number of benzene rings is 1. The van der Waals surface area contributed by atoms with Gasteiger partial charge in [-0.05, 0) is 37.2 Å². The predicted molar refractivity (Wildman–Crippen MR) is 119 cm³/mol. The molecule has 1 atom stereocenters. The van der Waals surface area contributed by atoms with Crippen LogP contribution in [0.1, 0.15) is 50.0 Å². The minimum atomic E-state index is 0.230. The van der Waals surface area contributed by atoms with Gasteiger partial charge in [0.2, 0.25) is 0 Å². The van der Waals surface area contributed by atoms with Crippen LogP contribution in [0.3, 0.4) is 0 Å². The van der Waals surface area contributed by atoms with Crippen molar-refractivity contribution in [1.29, 1.82) is 0 Å². The highest BCUT2D eigenvalue weighted by atomic mass is 16.5. The van der Waals surface area contributed by atoms with Crippen LogP contribution < -0.4 is 4.74 Å². The van der Waals surface area contributed by atoms with Gasteiger partial charge in [-0.1, -0.05) is 38.0 Å². The third-order valence-electron chi connectivity index (χ3n) is 5.97. The molecule has 0 unspecified atom stereocenters. The monoisotopic (exact) mass is 401 g/mol. The van der Waals surface area contributed by atoms with Crippen molar-refractivity contribution in [2.45, 2.75) is 45.2 Å². The molecule has 5 nitrogen and oxygen atoms in total. The minimum Gasteiger partial charge on any atom is -0.492 e. The Hall–Kier alpha value is -2.92. The number of ether oxygens (including phenoxy) is 1. The average Bonchev–Trinajstić information content (AvgIpc) is 3.18. The zero-order chi connectivity index (χ0) is 20.3. The summed E-state index contributed by atoms with van der Waals surface area (Å²) in [6, 6.07) is 14.5. The van der Waals surface area contributed by atoms with Gasteiger partial charge in [0, 0.05) is 36.1 Å². The lowest BCUT2D eigenvalue weighted by Gasteiger charge is -2.34. The first-order valence-electron chi connectivity index (χ1n) is 10.9. The average molecular weight is 402 g/mol. The molecule has 1 aliphatic rings. The van der Waals surface area contributed by atoms with E-state index in [0.717, 1.165) is 71.6 Å². The molecular formula is C25H27N3O2. The van der Waals surface area contributed by atoms with Gasteiger partial charge in [-0.3, -0.25) is 14.9 Å². The van der Waals surface area contributed by atoms with E-state index in [1.165, 1.54) is 12.8 Å². The molecular weight excluding hydrogens is 374 g/mol. The third kappa shape index (κ3) is 3.54. The molecule has 0 radical (unpaired) electrons. The van der Waals surface area contributed by atoms with Gasteiger partial charge in [-0.2, -0.15) is 0 Å². The lowest BCUT2D eigenvalue weighted by Crippen LogP contribution is -2.34. The van der Waals surface area contributed by atoms with Crippen molar-refractivity contribution in [2.24, 2.45) is 0 Å². The molecule has 4 heterocycles. The van der Waals surface area contributed by atoms with E-state index < -0.39 is 0 Å². The fraction of sp³-hybridized carbons (Fsp3) is 0.360. The Kier molecular flexibility index (Phi) is 5.37. The molecule has 154 valence electrons. The van der Waals surface area contributed by atoms with E-state index in [4.69, 9.17) is 14.1 Å². The SMILES string of the molecule is CCCCCN(Cc1nccc2c1oc1ccccc12)[C@H]1CCOc2cccnc21. The number of hydrogen-bond donors (Lipinski definition) is 0. The molecule has 30 heavy (non-hydrogen) atoms. The van der Waals surface area contributed by atoms with E-state index >= 15 is 0 Å². The molecule has 0 fully saturated rings. The van der Waals surface area contributed by atoms with E-state index in [2.05, 4.69) is 35.0 Å². The number of aromatic nitrogens is 2. The zero-order valence-corrected chi connectivity index (χ0v) is 17.4. The molecule has 1 aromatic carbocycles. The van der Waals surface area contributed by atoms with Gasteiger partial charge in [0.1, 0.15) is 11.3 Å². The minimum absolute atomic E-state index is 0.230. The highest BCUT2D eigenvalue weighted by Gasteiger charge is 2.29. The van der Waals surface area contributed by atoms with Gasteiger partial charge in [-0.15, -0.1) is 0 Å². The Morgan fingerprint density at radius 3 is 2.87 bits per heavy atom. The lowest BCUT2D eigenvalue weighted by atomic mass is 10.0. The number of para-hydroxylation sites is 1. The molecule has 4 aromatic rings. The van der Waals surface area contributed by atoms with Crippen molar-refractivity contribution in [3.63, 3.8) is 0 Å². The number of hydrogen-bond acceptors (Lipinski definition) is 5. The number of fused-ring (bicyclic) bond motifs is 4. The van der Waals surface area contributed by atoms with Crippen LogP contribution in [0.2, 0.25) is 0 Å². The fourth-order valence-electron chi connectivity index (χ4n) is 4.47. The molecule has 0 bridgehead atoms. The standard InChI is InChI=1S/C25H27N3O2/c1-2-3-6-15-28(21-12-16-29-23-10-7-13-27-24(21)23)17-20-25-19(11-14-26-20)18-8-4-5-9-22(18)30-25/h4-5,7-11,13-14,21H,2-3,6,12,15-17H2,1H3/t21-/m0/s1. The van der Waals surface area contributed by atoms with Gasteiger partial charge >= 0.3 is 0 Å². The maximum Gasteiger partial charge on any atom is 0.158 e. The zero-order valence-electron chi connectivity index (χ0n) is 17.4. The molecule has 0 amide bonds. The van der Waals surface area contributed by atoms with Crippen LogP contribution in [0, 0.1) is 0 Å². The van der Waals surface area contributed by atoms with Crippen LogP contribution in [0.4, 0.5) is 0 Å². The third-order valence-corrected chi connectivity index (χ3v) is 5.97. The summed E-state index contributed by atoms with van der Waals surface area (Å²) in [5, 5.41) is 2.28. The summed E-state index contributed by atoms with van der Waals surface area (Å²) in [6.07, 6.45) is 8.28. The van der Waals surface area contributed by atoms with Gasteiger partial charge in [-0.25, -0.2) is 0 Å². The highest BCUT2D eigenvalue weighted by Crippen LogP contribution is 2.36. The van der Waals surface area contributed by atoms with E-state index in [0.29, 0.717) is 0 Å². The Morgan fingerprint density at radius 2 is 1.93 bits per heavy atom. The molecule has 5 heteroatoms. The predicted octanol–water partition coefficient (Wildman–Crippen LogP) is 5.89. The maximum absolute atomic E-state index is 6.24. The van der Waals surface area contributed by atoms with Crippen LogP contribution in [0.5, 0.6) is 5.75 Å². The van der Waals surface area contributed by atoms with Crippen molar-refractivity contribution in [1.82, 2.24) is 14.9 Å². The molecule has 0 spiro atoms. The van der Waals surface area contributed by atoms with Crippen molar-refractivity contribution in [3.05, 3.63) is 66.2 Å². The summed E-state index contributed by atoms with van der Waals surface area (Å²) in [5.74, 6) is 0.907. The number of unbranched alkanes of at least 4 members (excludes halogenated alkanes) is 2. The van der Waals surface area contributed by atoms with Crippen LogP contribution in [-0.4, -0.2) is 28.0 Å². The van der Waals surface area contributed by atoms with Crippen LogP contribution in [0.25, 0.3) is 21.9 Å². The summed E-state index contributed by atoms with van der Waals surface area (Å²) in [6.45, 7) is 4.70. The van der Waals surface area contributed by atoms with Crippen LogP contribution >= 0.6 is 0 Å². The molecule has 1 aliphatic heterocycles. The molecule has 3 aromatic heterocycles. The van der Waals surface area contributed by atoms with Gasteiger partial charge < -0.3 is 9.15 Å². The second kappa shape index (κ2) is 8.44. The second-order valence-corrected chi connectivity index (χ2v) is 7.95. The van der Waals surface area contributed by atoms with Crippen molar-refractivity contribution >= 4 is 21.9 Å². The summed E-state index contributed by atoms with van der Waals surface area (Å²) >= 11 is 0. The van der Waals surface area contributed by atoms with Crippen LogP contribution in [0.15, 0.2) is 59.3 Å². The Labute approximate surface area is 176 Å². The first kappa shape index (κ1) is 19.1. The van der Waals surface area contributed by atoms with Crippen molar-refractivity contribution in [2.75, 3.05) is 13.2 Å². The molecule has 0 saturated heterocycles. The number of pyridine rings is 2. The first-order chi connectivity index (χ1) is 14.8. The smallest absolute Gasteiger partial charge is 0.158 e. The summed E-state index contributed by atoms with van der Waals surface area (Å²) in [5.41, 5.74) is 3.84. The summed E-state index contributed by atoms with van der Waals surface area (Å²) < 4.78 is 12.1. The normalized spacial score (nSPS) is 16.1. The van der Waals surface area contributed by atoms with E-state index in [1.54, 1.807) is 0 Å². The van der Waals surface area contributed by atoms with Crippen molar-refractivity contribution in [3.8, 4) is 5.75 Å². The second-order valence-electron chi connectivity index (χ2n) is 7.95. The maximum atomic E-state index is 6.24.